The van der Waals surface area contributed by atoms with E-state index >= 15 is 0 Å². The van der Waals surface area contributed by atoms with E-state index in [-0.39, 0.29) is 18.6 Å². The van der Waals surface area contributed by atoms with E-state index in [0.29, 0.717) is 23.0 Å². The average Bonchev–Trinajstić information content (AvgIpc) is 2.73. The minimum Gasteiger partial charge on any atom is -0.394 e. The molecule has 1 aromatic rings. The maximum absolute atomic E-state index is 12.4. The number of nitrogens with zero attached hydrogens (tertiary/aromatic N) is 1. The molecule has 0 bridgehead atoms. The van der Waals surface area contributed by atoms with Crippen LogP contribution in [0.3, 0.4) is 0 Å². The first kappa shape index (κ1) is 14.1. The average molecular weight is 380 g/mol. The summed E-state index contributed by atoms with van der Waals surface area (Å²) >= 11 is 8.17. The molecule has 2 atom stereocenters. The first-order valence-corrected chi connectivity index (χ1v) is 7.37. The molecule has 3 nitrogen and oxygen atoms in total. The van der Waals surface area contributed by atoms with E-state index in [1.165, 1.54) is 0 Å². The predicted molar refractivity (Wildman–Crippen MR) is 79.9 cm³/mol. The fraction of sp³-hybridized carbons (Fsp3) is 0.462. The molecule has 2 rings (SSSR count). The fourth-order valence-corrected chi connectivity index (χ4v) is 2.85. The highest BCUT2D eigenvalue weighted by atomic mass is 127. The van der Waals surface area contributed by atoms with Crippen LogP contribution in [0.1, 0.15) is 23.7 Å². The number of amides is 1. The second-order valence-corrected chi connectivity index (χ2v) is 6.21. The van der Waals surface area contributed by atoms with Gasteiger partial charge in [-0.1, -0.05) is 18.5 Å². The molecule has 1 heterocycles. The van der Waals surface area contributed by atoms with Crippen LogP contribution in [0.2, 0.25) is 5.02 Å². The zero-order valence-corrected chi connectivity index (χ0v) is 13.0. The van der Waals surface area contributed by atoms with Crippen LogP contribution in [-0.2, 0) is 0 Å². The Labute approximate surface area is 125 Å². The molecule has 0 spiro atoms. The lowest BCUT2D eigenvalue weighted by molar-refractivity contribution is 0.0648. The summed E-state index contributed by atoms with van der Waals surface area (Å²) in [6, 6.07) is 5.25. The van der Waals surface area contributed by atoms with Gasteiger partial charge in [0, 0.05) is 15.7 Å². The summed E-state index contributed by atoms with van der Waals surface area (Å²) in [6.45, 7) is 2.79. The van der Waals surface area contributed by atoms with Crippen LogP contribution < -0.4 is 0 Å². The Balaban J connectivity index is 2.23. The zero-order valence-electron chi connectivity index (χ0n) is 10.1. The number of carbonyl (C=O) groups excluding carboxylic acids is 1. The highest BCUT2D eigenvalue weighted by molar-refractivity contribution is 14.1. The number of halogens is 2. The number of benzene rings is 1. The molecule has 18 heavy (non-hydrogen) atoms. The maximum atomic E-state index is 12.4. The molecular formula is C13H15ClINO2. The molecule has 0 aliphatic carbocycles. The summed E-state index contributed by atoms with van der Waals surface area (Å²) in [5.41, 5.74) is 0.591. The number of aliphatic hydroxyl groups excluding tert-OH is 1. The highest BCUT2D eigenvalue weighted by Gasteiger charge is 2.34. The van der Waals surface area contributed by atoms with Crippen molar-refractivity contribution in [1.82, 2.24) is 4.90 Å². The molecule has 1 aromatic carbocycles. The molecule has 1 saturated heterocycles. The first-order valence-electron chi connectivity index (χ1n) is 5.91. The van der Waals surface area contributed by atoms with Gasteiger partial charge in [-0.05, 0) is 53.1 Å². The van der Waals surface area contributed by atoms with E-state index in [2.05, 4.69) is 29.5 Å². The third-order valence-electron chi connectivity index (χ3n) is 3.50. The topological polar surface area (TPSA) is 40.5 Å². The van der Waals surface area contributed by atoms with Crippen LogP contribution in [0.15, 0.2) is 18.2 Å². The van der Waals surface area contributed by atoms with Gasteiger partial charge < -0.3 is 10.0 Å². The number of carbonyl (C=O) groups is 1. The lowest BCUT2D eigenvalue weighted by atomic mass is 10.0. The molecule has 2 unspecified atom stereocenters. The number of hydrogen-bond donors (Lipinski definition) is 1. The monoisotopic (exact) mass is 379 g/mol. The lowest BCUT2D eigenvalue weighted by Crippen LogP contribution is -2.39. The van der Waals surface area contributed by atoms with Gasteiger partial charge in [-0.2, -0.15) is 0 Å². The summed E-state index contributed by atoms with van der Waals surface area (Å²) in [6.07, 6.45) is 0.940. The minimum atomic E-state index is -0.0736. The summed E-state index contributed by atoms with van der Waals surface area (Å²) in [5, 5.41) is 9.97. The van der Waals surface area contributed by atoms with Gasteiger partial charge in [0.2, 0.25) is 0 Å². The number of aliphatic hydroxyl groups is 1. The molecule has 1 amide bonds. The molecule has 0 aromatic heterocycles. The van der Waals surface area contributed by atoms with Crippen molar-refractivity contribution in [3.63, 3.8) is 0 Å². The normalized spacial score (nSPS) is 23.4. The van der Waals surface area contributed by atoms with Crippen LogP contribution in [0.25, 0.3) is 0 Å². The Hall–Kier alpha value is -0.330. The number of hydrogen-bond acceptors (Lipinski definition) is 2. The SMILES string of the molecule is CC1CCN(C(=O)c2ccc(I)c(Cl)c2)C1CO. The quantitative estimate of drug-likeness (QED) is 0.803. The highest BCUT2D eigenvalue weighted by Crippen LogP contribution is 2.27. The van der Waals surface area contributed by atoms with Gasteiger partial charge in [0.05, 0.1) is 17.7 Å². The van der Waals surface area contributed by atoms with Gasteiger partial charge >= 0.3 is 0 Å². The molecule has 1 aliphatic heterocycles. The van der Waals surface area contributed by atoms with Crippen molar-refractivity contribution in [1.29, 1.82) is 0 Å². The Morgan fingerprint density at radius 2 is 2.33 bits per heavy atom. The standard InChI is InChI=1S/C13H15ClINO2/c1-8-4-5-16(12(8)7-17)13(18)9-2-3-11(15)10(14)6-9/h2-3,6,8,12,17H,4-5,7H2,1H3. The Morgan fingerprint density at radius 3 is 2.94 bits per heavy atom. The van der Waals surface area contributed by atoms with Crippen LogP contribution in [-0.4, -0.2) is 35.1 Å². The van der Waals surface area contributed by atoms with E-state index in [4.69, 9.17) is 11.6 Å². The summed E-state index contributed by atoms with van der Waals surface area (Å²) in [4.78, 5) is 14.1. The molecule has 98 valence electrons. The second kappa shape index (κ2) is 5.75. The van der Waals surface area contributed by atoms with Gasteiger partial charge in [0.15, 0.2) is 0 Å². The lowest BCUT2D eigenvalue weighted by Gasteiger charge is -2.25. The van der Waals surface area contributed by atoms with E-state index in [1.54, 1.807) is 17.0 Å². The van der Waals surface area contributed by atoms with Gasteiger partial charge in [-0.15, -0.1) is 0 Å². The smallest absolute Gasteiger partial charge is 0.254 e. The maximum Gasteiger partial charge on any atom is 0.254 e. The van der Waals surface area contributed by atoms with Crippen molar-refractivity contribution in [2.75, 3.05) is 13.2 Å². The predicted octanol–water partition coefficient (Wildman–Crippen LogP) is 2.79. The van der Waals surface area contributed by atoms with Crippen LogP contribution in [0.4, 0.5) is 0 Å². The van der Waals surface area contributed by atoms with E-state index < -0.39 is 0 Å². The Kier molecular flexibility index (Phi) is 4.50. The molecule has 0 radical (unpaired) electrons. The van der Waals surface area contributed by atoms with E-state index in [9.17, 15) is 9.90 Å². The van der Waals surface area contributed by atoms with Crippen molar-refractivity contribution in [3.05, 3.63) is 32.4 Å². The van der Waals surface area contributed by atoms with Crippen molar-refractivity contribution in [3.8, 4) is 0 Å². The zero-order chi connectivity index (χ0) is 13.3. The van der Waals surface area contributed by atoms with Crippen molar-refractivity contribution in [2.24, 2.45) is 5.92 Å². The molecular weight excluding hydrogens is 365 g/mol. The van der Waals surface area contributed by atoms with Crippen molar-refractivity contribution >= 4 is 40.1 Å². The molecule has 0 saturated carbocycles. The van der Waals surface area contributed by atoms with Crippen LogP contribution in [0.5, 0.6) is 0 Å². The first-order chi connectivity index (χ1) is 8.54. The van der Waals surface area contributed by atoms with Crippen molar-refractivity contribution in [2.45, 2.75) is 19.4 Å². The van der Waals surface area contributed by atoms with E-state index in [1.807, 2.05) is 6.07 Å². The van der Waals surface area contributed by atoms with Crippen LogP contribution >= 0.6 is 34.2 Å². The summed E-state index contributed by atoms with van der Waals surface area (Å²) in [7, 11) is 0. The van der Waals surface area contributed by atoms with Gasteiger partial charge in [0.25, 0.3) is 5.91 Å². The molecule has 1 fully saturated rings. The van der Waals surface area contributed by atoms with Crippen LogP contribution in [0, 0.1) is 9.49 Å². The summed E-state index contributed by atoms with van der Waals surface area (Å²) < 4.78 is 0.930. The van der Waals surface area contributed by atoms with Gasteiger partial charge in [0.1, 0.15) is 0 Å². The van der Waals surface area contributed by atoms with E-state index in [0.717, 1.165) is 9.99 Å². The molecule has 5 heteroatoms. The Morgan fingerprint density at radius 1 is 1.61 bits per heavy atom. The number of likely N-dealkylation sites (tertiary alicyclic amines) is 1. The van der Waals surface area contributed by atoms with Crippen molar-refractivity contribution < 1.29 is 9.90 Å². The molecule has 1 N–H and O–H groups in total. The second-order valence-electron chi connectivity index (χ2n) is 4.64. The fourth-order valence-electron chi connectivity index (χ4n) is 2.33. The summed E-state index contributed by atoms with van der Waals surface area (Å²) in [5.74, 6) is 0.301. The third-order valence-corrected chi connectivity index (χ3v) is 5.07. The minimum absolute atomic E-state index is 0.0189. The van der Waals surface area contributed by atoms with Gasteiger partial charge in [-0.3, -0.25) is 4.79 Å². The van der Waals surface area contributed by atoms with Gasteiger partial charge in [-0.25, -0.2) is 0 Å². The third kappa shape index (κ3) is 2.65. The Bertz CT molecular complexity index is 466. The largest absolute Gasteiger partial charge is 0.394 e. The number of rotatable bonds is 2. The molecule has 1 aliphatic rings.